The average molecular weight is 421 g/mol. The highest BCUT2D eigenvalue weighted by molar-refractivity contribution is 7.10. The molecule has 0 aliphatic carbocycles. The molecule has 154 valence electrons. The lowest BCUT2D eigenvalue weighted by molar-refractivity contribution is -0.113. The SMILES string of the molecule is CCc1cccc(C)c1NC(=O)/C(=C/c1cccs1)NC(=O)c1ccc(OC)cc1. The smallest absolute Gasteiger partial charge is 0.272 e. The first-order chi connectivity index (χ1) is 14.5. The predicted molar refractivity (Wildman–Crippen MR) is 122 cm³/mol. The monoisotopic (exact) mass is 420 g/mol. The number of carbonyl (C=O) groups is 2. The lowest BCUT2D eigenvalue weighted by Crippen LogP contribution is -2.31. The summed E-state index contributed by atoms with van der Waals surface area (Å²) >= 11 is 1.49. The number of anilines is 1. The van der Waals surface area contributed by atoms with Crippen molar-refractivity contribution in [3.05, 3.63) is 87.2 Å². The molecule has 0 spiro atoms. The first-order valence-electron chi connectivity index (χ1n) is 9.62. The molecular formula is C24H24N2O3S. The van der Waals surface area contributed by atoms with E-state index >= 15 is 0 Å². The molecule has 2 aromatic carbocycles. The Labute approximate surface area is 180 Å². The van der Waals surface area contributed by atoms with Crippen LogP contribution in [0.3, 0.4) is 0 Å². The molecule has 2 N–H and O–H groups in total. The van der Waals surface area contributed by atoms with Crippen molar-refractivity contribution >= 4 is 34.9 Å². The average Bonchev–Trinajstić information content (AvgIpc) is 3.27. The zero-order valence-electron chi connectivity index (χ0n) is 17.2. The largest absolute Gasteiger partial charge is 0.497 e. The number of hydrogen-bond acceptors (Lipinski definition) is 4. The van der Waals surface area contributed by atoms with Crippen LogP contribution in [0.4, 0.5) is 5.69 Å². The van der Waals surface area contributed by atoms with Gasteiger partial charge in [0.05, 0.1) is 7.11 Å². The first kappa shape index (κ1) is 21.3. The summed E-state index contributed by atoms with van der Waals surface area (Å²) in [6.07, 6.45) is 2.48. The number of hydrogen-bond donors (Lipinski definition) is 2. The maximum atomic E-state index is 13.1. The van der Waals surface area contributed by atoms with E-state index in [-0.39, 0.29) is 17.5 Å². The Hall–Kier alpha value is -3.38. The molecule has 1 heterocycles. The van der Waals surface area contributed by atoms with Crippen molar-refractivity contribution in [1.29, 1.82) is 0 Å². The summed E-state index contributed by atoms with van der Waals surface area (Å²) < 4.78 is 5.13. The third kappa shape index (κ3) is 5.15. The second-order valence-electron chi connectivity index (χ2n) is 6.67. The zero-order chi connectivity index (χ0) is 21.5. The number of ether oxygens (including phenoxy) is 1. The molecule has 6 heteroatoms. The minimum atomic E-state index is -0.366. The lowest BCUT2D eigenvalue weighted by atomic mass is 10.1. The van der Waals surface area contributed by atoms with E-state index in [1.165, 1.54) is 11.3 Å². The number of carbonyl (C=O) groups excluding carboxylic acids is 2. The van der Waals surface area contributed by atoms with Crippen LogP contribution in [0, 0.1) is 6.92 Å². The molecule has 0 fully saturated rings. The molecule has 0 saturated heterocycles. The number of rotatable bonds is 7. The van der Waals surface area contributed by atoms with Gasteiger partial charge in [-0.05, 0) is 66.3 Å². The molecule has 0 aliphatic heterocycles. The second kappa shape index (κ2) is 9.89. The van der Waals surface area contributed by atoms with Crippen LogP contribution in [0.15, 0.2) is 65.7 Å². The van der Waals surface area contributed by atoms with E-state index in [9.17, 15) is 9.59 Å². The van der Waals surface area contributed by atoms with Gasteiger partial charge in [-0.1, -0.05) is 31.2 Å². The van der Waals surface area contributed by atoms with Crippen molar-refractivity contribution in [2.75, 3.05) is 12.4 Å². The number of benzene rings is 2. The fourth-order valence-electron chi connectivity index (χ4n) is 2.99. The summed E-state index contributed by atoms with van der Waals surface area (Å²) in [6.45, 7) is 3.99. The molecule has 3 aromatic rings. The maximum Gasteiger partial charge on any atom is 0.272 e. The van der Waals surface area contributed by atoms with Gasteiger partial charge in [-0.25, -0.2) is 0 Å². The van der Waals surface area contributed by atoms with E-state index in [4.69, 9.17) is 4.74 Å². The quantitative estimate of drug-likeness (QED) is 0.527. The van der Waals surface area contributed by atoms with Crippen LogP contribution in [0.25, 0.3) is 6.08 Å². The summed E-state index contributed by atoms with van der Waals surface area (Å²) in [7, 11) is 1.57. The summed E-state index contributed by atoms with van der Waals surface area (Å²) in [6, 6.07) is 16.4. The second-order valence-corrected chi connectivity index (χ2v) is 7.65. The van der Waals surface area contributed by atoms with Gasteiger partial charge in [0.1, 0.15) is 11.4 Å². The minimum absolute atomic E-state index is 0.184. The molecule has 2 amide bonds. The van der Waals surface area contributed by atoms with Crippen molar-refractivity contribution < 1.29 is 14.3 Å². The molecule has 3 rings (SSSR count). The molecule has 0 unspecified atom stereocenters. The molecular weight excluding hydrogens is 396 g/mol. The van der Waals surface area contributed by atoms with Crippen molar-refractivity contribution in [3.63, 3.8) is 0 Å². The summed E-state index contributed by atoms with van der Waals surface area (Å²) in [5.41, 5.74) is 3.41. The summed E-state index contributed by atoms with van der Waals surface area (Å²) in [5.74, 6) is -0.0735. The third-order valence-electron chi connectivity index (χ3n) is 4.65. The molecule has 1 aromatic heterocycles. The van der Waals surface area contributed by atoms with Gasteiger partial charge in [-0.2, -0.15) is 0 Å². The predicted octanol–water partition coefficient (Wildman–Crippen LogP) is 5.04. The van der Waals surface area contributed by atoms with E-state index < -0.39 is 0 Å². The molecule has 0 aliphatic rings. The highest BCUT2D eigenvalue weighted by atomic mass is 32.1. The Bertz CT molecular complexity index is 1050. The third-order valence-corrected chi connectivity index (χ3v) is 5.47. The summed E-state index contributed by atoms with van der Waals surface area (Å²) in [5, 5.41) is 7.66. The Balaban J connectivity index is 1.87. The van der Waals surface area contributed by atoms with E-state index in [0.717, 1.165) is 28.1 Å². The van der Waals surface area contributed by atoms with Crippen LogP contribution >= 0.6 is 11.3 Å². The number of amides is 2. The van der Waals surface area contributed by atoms with Crippen LogP contribution in [0.1, 0.15) is 33.3 Å². The molecule has 5 nitrogen and oxygen atoms in total. The van der Waals surface area contributed by atoms with E-state index in [1.807, 2.05) is 49.6 Å². The van der Waals surface area contributed by atoms with Crippen LogP contribution < -0.4 is 15.4 Å². The normalized spacial score (nSPS) is 11.1. The molecule has 0 atom stereocenters. The van der Waals surface area contributed by atoms with Gasteiger partial charge in [0, 0.05) is 16.1 Å². The Kier molecular flexibility index (Phi) is 7.03. The number of methoxy groups -OCH3 is 1. The van der Waals surface area contributed by atoms with Crippen LogP contribution in [0.5, 0.6) is 5.75 Å². The van der Waals surface area contributed by atoms with Gasteiger partial charge in [0.2, 0.25) is 0 Å². The van der Waals surface area contributed by atoms with Crippen molar-refractivity contribution in [2.24, 2.45) is 0 Å². The fourth-order valence-corrected chi connectivity index (χ4v) is 3.65. The van der Waals surface area contributed by atoms with Crippen molar-refractivity contribution in [2.45, 2.75) is 20.3 Å². The highest BCUT2D eigenvalue weighted by Gasteiger charge is 2.17. The van der Waals surface area contributed by atoms with Gasteiger partial charge in [0.15, 0.2) is 0 Å². The van der Waals surface area contributed by atoms with E-state index in [0.29, 0.717) is 11.3 Å². The maximum absolute atomic E-state index is 13.1. The Morgan fingerprint density at radius 3 is 2.47 bits per heavy atom. The van der Waals surface area contributed by atoms with Crippen LogP contribution in [-0.2, 0) is 11.2 Å². The number of thiophene rings is 1. The number of nitrogens with one attached hydrogen (secondary N) is 2. The van der Waals surface area contributed by atoms with Gasteiger partial charge in [-0.3, -0.25) is 9.59 Å². The van der Waals surface area contributed by atoms with Gasteiger partial charge in [0.25, 0.3) is 11.8 Å². The van der Waals surface area contributed by atoms with E-state index in [1.54, 1.807) is 37.5 Å². The zero-order valence-corrected chi connectivity index (χ0v) is 18.0. The molecule has 0 radical (unpaired) electrons. The summed E-state index contributed by atoms with van der Waals surface area (Å²) in [4.78, 5) is 26.7. The van der Waals surface area contributed by atoms with Crippen molar-refractivity contribution in [3.8, 4) is 5.75 Å². The first-order valence-corrected chi connectivity index (χ1v) is 10.5. The minimum Gasteiger partial charge on any atom is -0.497 e. The number of para-hydroxylation sites is 1. The Morgan fingerprint density at radius 1 is 1.07 bits per heavy atom. The van der Waals surface area contributed by atoms with Gasteiger partial charge < -0.3 is 15.4 Å². The number of aryl methyl sites for hydroxylation is 2. The molecule has 0 bridgehead atoms. The molecule has 30 heavy (non-hydrogen) atoms. The van der Waals surface area contributed by atoms with E-state index in [2.05, 4.69) is 10.6 Å². The van der Waals surface area contributed by atoms with Gasteiger partial charge in [-0.15, -0.1) is 11.3 Å². The Morgan fingerprint density at radius 2 is 1.83 bits per heavy atom. The lowest BCUT2D eigenvalue weighted by Gasteiger charge is -2.15. The molecule has 0 saturated carbocycles. The van der Waals surface area contributed by atoms with Crippen LogP contribution in [-0.4, -0.2) is 18.9 Å². The van der Waals surface area contributed by atoms with Gasteiger partial charge >= 0.3 is 0 Å². The van der Waals surface area contributed by atoms with Crippen molar-refractivity contribution in [1.82, 2.24) is 5.32 Å². The fraction of sp³-hybridized carbons (Fsp3) is 0.167. The highest BCUT2D eigenvalue weighted by Crippen LogP contribution is 2.22. The van der Waals surface area contributed by atoms with Crippen LogP contribution in [0.2, 0.25) is 0 Å². The topological polar surface area (TPSA) is 67.4 Å². The standard InChI is InChI=1S/C24H24N2O3S/c1-4-17-8-5-7-16(2)22(17)26-24(28)21(15-20-9-6-14-30-20)25-23(27)18-10-12-19(29-3)13-11-18/h5-15H,4H2,1-3H3,(H,25,27)(H,26,28)/b21-15-.